The Hall–Kier alpha value is -2.85. The molecule has 0 bridgehead atoms. The molecule has 1 saturated carbocycles. The number of aryl methyl sites for hydroxylation is 1. The van der Waals surface area contributed by atoms with Gasteiger partial charge in [0.25, 0.3) is 0 Å². The molecule has 1 heterocycles. The van der Waals surface area contributed by atoms with Crippen LogP contribution in [0.5, 0.6) is 5.75 Å². The van der Waals surface area contributed by atoms with Gasteiger partial charge in [0.1, 0.15) is 5.75 Å². The summed E-state index contributed by atoms with van der Waals surface area (Å²) in [5, 5.41) is 11.4. The highest BCUT2D eigenvalue weighted by Crippen LogP contribution is 2.39. The summed E-state index contributed by atoms with van der Waals surface area (Å²) < 4.78 is 6.32. The van der Waals surface area contributed by atoms with E-state index in [1.54, 1.807) is 0 Å². The lowest BCUT2D eigenvalue weighted by Crippen LogP contribution is -2.29. The van der Waals surface area contributed by atoms with E-state index in [4.69, 9.17) is 9.84 Å². The van der Waals surface area contributed by atoms with E-state index in [0.717, 1.165) is 52.6 Å². The van der Waals surface area contributed by atoms with Crippen LogP contribution in [0.25, 0.3) is 21.9 Å². The molecule has 4 heteroatoms. The monoisotopic (exact) mass is 429 g/mol. The molecule has 0 aromatic heterocycles. The number of likely N-dealkylation sites (tertiary alicyclic amines) is 1. The van der Waals surface area contributed by atoms with Crippen molar-refractivity contribution in [2.24, 2.45) is 0 Å². The molecule has 0 spiro atoms. The van der Waals surface area contributed by atoms with Crippen molar-refractivity contribution >= 4 is 16.7 Å². The summed E-state index contributed by atoms with van der Waals surface area (Å²) in [6.45, 7) is 3.33. The van der Waals surface area contributed by atoms with Crippen LogP contribution in [0.15, 0.2) is 54.6 Å². The van der Waals surface area contributed by atoms with Gasteiger partial charge in [0.05, 0.1) is 6.10 Å². The van der Waals surface area contributed by atoms with Crippen molar-refractivity contribution in [3.63, 3.8) is 0 Å². The number of fused-ring (bicyclic) bond motifs is 1. The molecule has 1 saturated heterocycles. The van der Waals surface area contributed by atoms with Gasteiger partial charge in [0.2, 0.25) is 0 Å². The summed E-state index contributed by atoms with van der Waals surface area (Å²) >= 11 is 0. The second-order valence-electron chi connectivity index (χ2n) is 9.20. The number of hydrogen-bond acceptors (Lipinski definition) is 3. The Morgan fingerprint density at radius 2 is 1.72 bits per heavy atom. The fourth-order valence-electron chi connectivity index (χ4n) is 4.80. The van der Waals surface area contributed by atoms with E-state index in [1.165, 1.54) is 37.9 Å². The zero-order valence-electron chi connectivity index (χ0n) is 18.6. The van der Waals surface area contributed by atoms with Crippen LogP contribution in [0.4, 0.5) is 0 Å². The van der Waals surface area contributed by atoms with Crippen LogP contribution in [0, 0.1) is 0 Å². The van der Waals surface area contributed by atoms with Crippen LogP contribution in [0.3, 0.4) is 0 Å². The lowest BCUT2D eigenvalue weighted by Gasteiger charge is -2.27. The Balaban J connectivity index is 1.54. The first-order valence-corrected chi connectivity index (χ1v) is 11.9. The molecule has 1 aliphatic heterocycles. The summed E-state index contributed by atoms with van der Waals surface area (Å²) in [5.41, 5.74) is 4.72. The summed E-state index contributed by atoms with van der Waals surface area (Å²) in [7, 11) is 0. The van der Waals surface area contributed by atoms with Crippen LogP contribution in [0.1, 0.15) is 49.7 Å². The number of carboxylic acid groups (broad SMARTS) is 1. The van der Waals surface area contributed by atoms with Crippen molar-refractivity contribution in [2.75, 3.05) is 13.1 Å². The van der Waals surface area contributed by atoms with Crippen molar-refractivity contribution < 1.29 is 14.6 Å². The molecule has 3 aromatic rings. The molecule has 0 unspecified atom stereocenters. The van der Waals surface area contributed by atoms with E-state index in [0.29, 0.717) is 12.5 Å². The Morgan fingerprint density at radius 3 is 2.50 bits per heavy atom. The normalized spacial score (nSPS) is 16.9. The van der Waals surface area contributed by atoms with Crippen molar-refractivity contribution in [2.45, 2.75) is 57.6 Å². The maximum absolute atomic E-state index is 11.1. The van der Waals surface area contributed by atoms with Gasteiger partial charge >= 0.3 is 5.97 Å². The number of rotatable bonds is 8. The minimum Gasteiger partial charge on any atom is -0.490 e. The van der Waals surface area contributed by atoms with Gasteiger partial charge < -0.3 is 9.84 Å². The second-order valence-corrected chi connectivity index (χ2v) is 9.20. The van der Waals surface area contributed by atoms with Crippen molar-refractivity contribution in [3.8, 4) is 16.9 Å². The van der Waals surface area contributed by atoms with Gasteiger partial charge in [-0.2, -0.15) is 0 Å². The number of nitrogens with zero attached hydrogens (tertiary/aromatic N) is 1. The Labute approximate surface area is 189 Å². The van der Waals surface area contributed by atoms with Crippen LogP contribution in [-0.2, 0) is 17.8 Å². The lowest BCUT2D eigenvalue weighted by atomic mass is 9.93. The first-order chi connectivity index (χ1) is 15.7. The maximum Gasteiger partial charge on any atom is 0.303 e. The smallest absolute Gasteiger partial charge is 0.303 e. The topological polar surface area (TPSA) is 49.8 Å². The number of benzene rings is 3. The molecule has 3 aromatic carbocycles. The third kappa shape index (κ3) is 4.81. The third-order valence-electron chi connectivity index (χ3n) is 6.63. The highest BCUT2D eigenvalue weighted by atomic mass is 16.5. The average Bonchev–Trinajstić information content (AvgIpc) is 3.63. The van der Waals surface area contributed by atoms with E-state index < -0.39 is 5.97 Å². The van der Waals surface area contributed by atoms with Gasteiger partial charge in [-0.05, 0) is 84.8 Å². The molecule has 0 radical (unpaired) electrons. The molecular formula is C28H31NO3. The number of carboxylic acids is 1. The molecule has 2 aliphatic rings. The number of hydrogen-bond donors (Lipinski definition) is 1. The molecule has 1 aliphatic carbocycles. The molecule has 166 valence electrons. The summed E-state index contributed by atoms with van der Waals surface area (Å²) in [5.74, 6) is 0.196. The highest BCUT2D eigenvalue weighted by molar-refractivity contribution is 5.99. The van der Waals surface area contributed by atoms with Crippen LogP contribution in [-0.4, -0.2) is 35.2 Å². The zero-order chi connectivity index (χ0) is 21.9. The molecular weight excluding hydrogens is 398 g/mol. The van der Waals surface area contributed by atoms with E-state index in [1.807, 2.05) is 12.1 Å². The fraction of sp³-hybridized carbons (Fsp3) is 0.393. The second kappa shape index (κ2) is 9.33. The Morgan fingerprint density at radius 1 is 0.938 bits per heavy atom. The SMILES string of the molecule is O=C(O)CCc1cccc2c(-c3cc(CN4CCCCC4)ccc3OC3CC3)cccc12. The number of ether oxygens (including phenoxy) is 1. The van der Waals surface area contributed by atoms with Gasteiger partial charge in [-0.1, -0.05) is 48.9 Å². The number of carbonyl (C=O) groups is 1. The van der Waals surface area contributed by atoms with E-state index in [9.17, 15) is 4.79 Å². The van der Waals surface area contributed by atoms with Crippen molar-refractivity contribution in [3.05, 3.63) is 65.7 Å². The van der Waals surface area contributed by atoms with Gasteiger partial charge in [-0.15, -0.1) is 0 Å². The third-order valence-corrected chi connectivity index (χ3v) is 6.63. The molecule has 0 amide bonds. The fourth-order valence-corrected chi connectivity index (χ4v) is 4.80. The summed E-state index contributed by atoms with van der Waals surface area (Å²) in [4.78, 5) is 13.7. The Kier molecular flexibility index (Phi) is 6.13. The summed E-state index contributed by atoms with van der Waals surface area (Å²) in [6, 6.07) is 19.3. The summed E-state index contributed by atoms with van der Waals surface area (Å²) in [6.07, 6.45) is 7.20. The molecule has 5 rings (SSSR count). The minimum atomic E-state index is -0.760. The molecule has 4 nitrogen and oxygen atoms in total. The largest absolute Gasteiger partial charge is 0.490 e. The molecule has 2 fully saturated rings. The highest BCUT2D eigenvalue weighted by Gasteiger charge is 2.25. The van der Waals surface area contributed by atoms with E-state index in [2.05, 4.69) is 47.4 Å². The Bertz CT molecular complexity index is 1110. The standard InChI is InChI=1S/C28H31NO3/c30-28(31)15-11-21-6-4-8-24-23(21)7-5-9-25(24)26-18-20(19-29-16-2-1-3-17-29)10-14-27(26)32-22-12-13-22/h4-10,14,18,22H,1-3,11-13,15-17,19H2,(H,30,31). The molecule has 32 heavy (non-hydrogen) atoms. The van der Waals surface area contributed by atoms with Crippen LogP contribution < -0.4 is 4.74 Å². The maximum atomic E-state index is 11.1. The first kappa shape index (κ1) is 21.0. The minimum absolute atomic E-state index is 0.144. The zero-order valence-corrected chi connectivity index (χ0v) is 18.6. The van der Waals surface area contributed by atoms with Crippen LogP contribution in [0.2, 0.25) is 0 Å². The number of piperidine rings is 1. The van der Waals surface area contributed by atoms with Gasteiger partial charge in [-0.3, -0.25) is 9.69 Å². The van der Waals surface area contributed by atoms with Gasteiger partial charge in [-0.25, -0.2) is 0 Å². The van der Waals surface area contributed by atoms with Gasteiger partial charge in [0.15, 0.2) is 0 Å². The molecule has 0 atom stereocenters. The predicted octanol–water partition coefficient (Wildman–Crippen LogP) is 6.05. The van der Waals surface area contributed by atoms with Crippen molar-refractivity contribution in [1.29, 1.82) is 0 Å². The van der Waals surface area contributed by atoms with E-state index >= 15 is 0 Å². The first-order valence-electron chi connectivity index (χ1n) is 11.9. The average molecular weight is 430 g/mol. The number of aliphatic carboxylic acids is 1. The quantitative estimate of drug-likeness (QED) is 0.473. The van der Waals surface area contributed by atoms with Crippen molar-refractivity contribution in [1.82, 2.24) is 4.90 Å². The lowest BCUT2D eigenvalue weighted by molar-refractivity contribution is -0.136. The molecule has 1 N–H and O–H groups in total. The van der Waals surface area contributed by atoms with Crippen LogP contribution >= 0.6 is 0 Å². The van der Waals surface area contributed by atoms with Gasteiger partial charge in [0, 0.05) is 18.5 Å². The predicted molar refractivity (Wildman–Crippen MR) is 128 cm³/mol. The van der Waals surface area contributed by atoms with E-state index in [-0.39, 0.29) is 6.42 Å².